The Morgan fingerprint density at radius 1 is 1.39 bits per heavy atom. The van der Waals surface area contributed by atoms with Crippen molar-refractivity contribution in [2.24, 2.45) is 5.92 Å². The molecule has 172 valence electrons. The van der Waals surface area contributed by atoms with Gasteiger partial charge in [-0.3, -0.25) is 9.32 Å². The average molecular weight is 457 g/mol. The van der Waals surface area contributed by atoms with E-state index >= 15 is 0 Å². The van der Waals surface area contributed by atoms with Gasteiger partial charge in [0.25, 0.3) is 0 Å². The molecular formula is C18H28N5O7P. The Labute approximate surface area is 179 Å². The Hall–Kier alpha value is -2.11. The van der Waals surface area contributed by atoms with Gasteiger partial charge in [-0.1, -0.05) is 0 Å². The predicted octanol–water partition coefficient (Wildman–Crippen LogP) is 1.76. The largest absolute Gasteiger partial charge is 0.469 e. The average Bonchev–Trinajstić information content (AvgIpc) is 3.20. The highest BCUT2D eigenvalue weighted by Crippen LogP contribution is 2.43. The molecule has 2 aromatic heterocycles. The van der Waals surface area contributed by atoms with Crippen LogP contribution >= 0.6 is 7.82 Å². The van der Waals surface area contributed by atoms with Crippen LogP contribution in [0.2, 0.25) is 0 Å². The third kappa shape index (κ3) is 5.98. The molecule has 0 spiro atoms. The molecular weight excluding hydrogens is 429 g/mol. The van der Waals surface area contributed by atoms with Crippen LogP contribution in [0.15, 0.2) is 6.20 Å². The summed E-state index contributed by atoms with van der Waals surface area (Å²) in [5.74, 6) is 0.271. The van der Waals surface area contributed by atoms with Gasteiger partial charge in [-0.2, -0.15) is 14.6 Å². The van der Waals surface area contributed by atoms with Crippen molar-refractivity contribution in [3.05, 3.63) is 17.6 Å². The van der Waals surface area contributed by atoms with E-state index in [0.29, 0.717) is 29.4 Å². The van der Waals surface area contributed by atoms with Crippen LogP contribution in [0.5, 0.6) is 0 Å². The fraction of sp³-hybridized carbons (Fsp3) is 0.667. The van der Waals surface area contributed by atoms with Gasteiger partial charge in [-0.05, 0) is 34.1 Å². The van der Waals surface area contributed by atoms with Crippen molar-refractivity contribution in [1.29, 1.82) is 0 Å². The summed E-state index contributed by atoms with van der Waals surface area (Å²) in [6, 6.07) is 0. The lowest BCUT2D eigenvalue weighted by atomic mass is 9.94. The summed E-state index contributed by atoms with van der Waals surface area (Å²) in [5, 5.41) is 7.28. The molecule has 0 aliphatic carbocycles. The molecule has 12 nitrogen and oxygen atoms in total. The molecule has 2 aromatic rings. The Morgan fingerprint density at radius 3 is 2.71 bits per heavy atom. The molecule has 31 heavy (non-hydrogen) atoms. The summed E-state index contributed by atoms with van der Waals surface area (Å²) >= 11 is 0. The fourth-order valence-electron chi connectivity index (χ4n) is 3.55. The molecule has 3 heterocycles. The summed E-state index contributed by atoms with van der Waals surface area (Å²) in [6.07, 6.45) is 0.846. The van der Waals surface area contributed by atoms with Gasteiger partial charge in [0, 0.05) is 18.5 Å². The van der Waals surface area contributed by atoms with E-state index in [1.165, 1.54) is 0 Å². The molecule has 0 aromatic carbocycles. The van der Waals surface area contributed by atoms with Gasteiger partial charge >= 0.3 is 13.8 Å². The topological polar surface area (TPSA) is 157 Å². The van der Waals surface area contributed by atoms with Crippen molar-refractivity contribution < 1.29 is 33.1 Å². The normalized spacial score (nSPS) is 22.1. The van der Waals surface area contributed by atoms with E-state index in [2.05, 4.69) is 24.9 Å². The summed E-state index contributed by atoms with van der Waals surface area (Å²) in [5.41, 5.74) is 0.596. The number of esters is 1. The van der Waals surface area contributed by atoms with Crippen molar-refractivity contribution >= 4 is 25.4 Å². The van der Waals surface area contributed by atoms with E-state index in [9.17, 15) is 9.36 Å². The molecule has 1 aliphatic rings. The molecule has 0 unspecified atom stereocenters. The molecule has 1 fully saturated rings. The Kier molecular flexibility index (Phi) is 6.68. The monoisotopic (exact) mass is 457 g/mol. The number of carbonyl (C=O) groups is 1. The number of rotatable bonds is 7. The van der Waals surface area contributed by atoms with Crippen LogP contribution in [0.1, 0.15) is 51.1 Å². The number of fused-ring (bicyclic) bond motifs is 1. The van der Waals surface area contributed by atoms with E-state index in [1.807, 2.05) is 0 Å². The molecule has 3 N–H and O–H groups in total. The first kappa shape index (κ1) is 23.6. The minimum atomic E-state index is -4.69. The zero-order valence-corrected chi connectivity index (χ0v) is 19.0. The number of carbonyl (C=O) groups excluding carboxylic acids is 1. The number of aromatic nitrogens is 4. The highest BCUT2D eigenvalue weighted by atomic mass is 31.2. The molecule has 3 atom stereocenters. The van der Waals surface area contributed by atoms with Crippen LogP contribution in [0.4, 0.5) is 5.95 Å². The van der Waals surface area contributed by atoms with Crippen molar-refractivity contribution in [2.75, 3.05) is 19.0 Å². The van der Waals surface area contributed by atoms with Crippen LogP contribution < -0.4 is 5.32 Å². The molecule has 0 saturated carbocycles. The molecule has 1 aliphatic heterocycles. The summed E-state index contributed by atoms with van der Waals surface area (Å²) < 4.78 is 28.9. The standard InChI is InChI=1S/C18H28N5O7P/c1-10-21-16-12(8-20-23(16)17(19-5)22-10)13-6-11(7-15(24)30-18(2,3)4)14(29-13)9-28-31(25,26)27/h8,11,13-14H,6-7,9H2,1-5H3,(H,19,21,22)(H2,25,26,27)/t11-,13+,14+/m0/s1. The van der Waals surface area contributed by atoms with Gasteiger partial charge in [0.2, 0.25) is 5.95 Å². The van der Waals surface area contributed by atoms with Crippen LogP contribution in [0, 0.1) is 12.8 Å². The molecule has 0 amide bonds. The lowest BCUT2D eigenvalue weighted by Gasteiger charge is -2.22. The number of nitrogens with one attached hydrogen (secondary N) is 1. The van der Waals surface area contributed by atoms with E-state index in [-0.39, 0.29) is 18.9 Å². The number of hydrogen-bond acceptors (Lipinski definition) is 9. The van der Waals surface area contributed by atoms with Crippen LogP contribution in [-0.2, 0) is 23.4 Å². The quantitative estimate of drug-likeness (QED) is 0.411. The number of phosphoric ester groups is 1. The zero-order chi connectivity index (χ0) is 23.0. The van der Waals surface area contributed by atoms with Gasteiger partial charge < -0.3 is 24.6 Å². The smallest absolute Gasteiger partial charge is 0.460 e. The van der Waals surface area contributed by atoms with Gasteiger partial charge in [-0.25, -0.2) is 9.55 Å². The first-order valence-corrected chi connectivity index (χ1v) is 11.4. The minimum absolute atomic E-state index is 0.0257. The van der Waals surface area contributed by atoms with E-state index in [0.717, 1.165) is 0 Å². The number of phosphoric acid groups is 1. The predicted molar refractivity (Wildman–Crippen MR) is 109 cm³/mol. The molecule has 1 saturated heterocycles. The first-order valence-electron chi connectivity index (χ1n) is 9.83. The fourth-order valence-corrected chi connectivity index (χ4v) is 3.89. The van der Waals surface area contributed by atoms with E-state index in [4.69, 9.17) is 19.3 Å². The van der Waals surface area contributed by atoms with E-state index < -0.39 is 31.6 Å². The molecule has 13 heteroatoms. The highest BCUT2D eigenvalue weighted by molar-refractivity contribution is 7.46. The Balaban J connectivity index is 1.85. The first-order chi connectivity index (χ1) is 14.4. The van der Waals surface area contributed by atoms with Gasteiger partial charge in [0.15, 0.2) is 5.65 Å². The van der Waals surface area contributed by atoms with Crippen LogP contribution in [-0.4, -0.2) is 60.7 Å². The van der Waals surface area contributed by atoms with Gasteiger partial charge in [0.1, 0.15) is 11.4 Å². The maximum atomic E-state index is 12.4. The molecule has 0 bridgehead atoms. The van der Waals surface area contributed by atoms with Gasteiger partial charge in [-0.15, -0.1) is 0 Å². The van der Waals surface area contributed by atoms with Crippen molar-refractivity contribution in [3.8, 4) is 0 Å². The maximum absolute atomic E-state index is 12.4. The van der Waals surface area contributed by atoms with Crippen molar-refractivity contribution in [2.45, 2.75) is 58.3 Å². The van der Waals surface area contributed by atoms with Crippen molar-refractivity contribution in [3.63, 3.8) is 0 Å². The lowest BCUT2D eigenvalue weighted by Crippen LogP contribution is -2.29. The second-order valence-electron chi connectivity index (χ2n) is 8.42. The number of hydrogen-bond donors (Lipinski definition) is 3. The second-order valence-corrected chi connectivity index (χ2v) is 9.65. The van der Waals surface area contributed by atoms with Crippen LogP contribution in [0.3, 0.4) is 0 Å². The Bertz CT molecular complexity index is 999. The van der Waals surface area contributed by atoms with Crippen molar-refractivity contribution in [1.82, 2.24) is 19.6 Å². The van der Waals surface area contributed by atoms with Crippen LogP contribution in [0.25, 0.3) is 5.65 Å². The highest BCUT2D eigenvalue weighted by Gasteiger charge is 2.40. The number of aryl methyl sites for hydroxylation is 1. The third-order valence-corrected chi connectivity index (χ3v) is 5.20. The summed E-state index contributed by atoms with van der Waals surface area (Å²) in [7, 11) is -2.97. The maximum Gasteiger partial charge on any atom is 0.469 e. The summed E-state index contributed by atoms with van der Waals surface area (Å²) in [4.78, 5) is 39.3. The zero-order valence-electron chi connectivity index (χ0n) is 18.1. The number of ether oxygens (including phenoxy) is 2. The lowest BCUT2D eigenvalue weighted by molar-refractivity contribution is -0.156. The molecule has 0 radical (unpaired) electrons. The van der Waals surface area contributed by atoms with Gasteiger partial charge in [0.05, 0.1) is 31.4 Å². The van der Waals surface area contributed by atoms with E-state index in [1.54, 1.807) is 45.5 Å². The minimum Gasteiger partial charge on any atom is -0.460 e. The molecule has 3 rings (SSSR count). The number of nitrogens with zero attached hydrogens (tertiary/aromatic N) is 4. The summed E-state index contributed by atoms with van der Waals surface area (Å²) in [6.45, 7) is 6.72. The second kappa shape index (κ2) is 8.79. The number of anilines is 1. The Morgan fingerprint density at radius 2 is 2.10 bits per heavy atom. The SMILES string of the molecule is CNc1nc(C)nc2c([C@H]3C[C@@H](CC(=O)OC(C)(C)C)[C@@H](COP(=O)(O)O)O3)cnn12. The third-order valence-electron chi connectivity index (χ3n) is 4.72.